The van der Waals surface area contributed by atoms with E-state index in [-0.39, 0.29) is 5.56 Å². The number of hydrogen-bond acceptors (Lipinski definition) is 8. The number of aryl methyl sites for hydroxylation is 1. The molecule has 0 bridgehead atoms. The molecule has 4 aromatic heterocycles. The summed E-state index contributed by atoms with van der Waals surface area (Å²) in [6.45, 7) is 4.88. The number of hydrogen-bond donors (Lipinski definition) is 0. The Morgan fingerprint density at radius 3 is 2.87 bits per heavy atom. The van der Waals surface area contributed by atoms with Gasteiger partial charge in [0.2, 0.25) is 5.78 Å². The number of para-hydroxylation sites is 1. The molecule has 5 rings (SSSR count). The third-order valence-electron chi connectivity index (χ3n) is 4.97. The Balaban J connectivity index is 1.52. The van der Waals surface area contributed by atoms with E-state index >= 15 is 0 Å². The van der Waals surface area contributed by atoms with Gasteiger partial charge in [-0.1, -0.05) is 42.9 Å². The van der Waals surface area contributed by atoms with E-state index < -0.39 is 0 Å². The maximum atomic E-state index is 13.1. The van der Waals surface area contributed by atoms with Crippen LogP contribution in [0.5, 0.6) is 0 Å². The van der Waals surface area contributed by atoms with Gasteiger partial charge in [0, 0.05) is 11.9 Å². The van der Waals surface area contributed by atoms with Crippen LogP contribution in [0.3, 0.4) is 0 Å². The van der Waals surface area contributed by atoms with Gasteiger partial charge in [-0.25, -0.2) is 0 Å². The second-order valence-corrected chi connectivity index (χ2v) is 9.31. The molecule has 0 radical (unpaired) electrons. The molecule has 10 heteroatoms. The van der Waals surface area contributed by atoms with Gasteiger partial charge in [0.25, 0.3) is 11.4 Å². The first-order valence-corrected chi connectivity index (χ1v) is 11.9. The fraction of sp³-hybridized carbons (Fsp3) is 0.286. The quantitative estimate of drug-likeness (QED) is 0.336. The van der Waals surface area contributed by atoms with Crippen molar-refractivity contribution in [3.8, 4) is 11.5 Å². The Morgan fingerprint density at radius 1 is 1.19 bits per heavy atom. The van der Waals surface area contributed by atoms with Gasteiger partial charge in [0.05, 0.1) is 22.2 Å². The summed E-state index contributed by atoms with van der Waals surface area (Å²) >= 11 is 3.05. The van der Waals surface area contributed by atoms with Crippen LogP contribution < -0.4 is 5.56 Å². The Hall–Kier alpha value is -2.98. The molecule has 0 fully saturated rings. The topological polar surface area (TPSA) is 91.1 Å². The highest BCUT2D eigenvalue weighted by atomic mass is 32.2. The van der Waals surface area contributed by atoms with Crippen LogP contribution in [0, 0.1) is 5.92 Å². The second kappa shape index (κ2) is 8.27. The molecule has 0 N–H and O–H groups in total. The van der Waals surface area contributed by atoms with E-state index in [4.69, 9.17) is 4.52 Å². The molecule has 0 aliphatic heterocycles. The lowest BCUT2D eigenvalue weighted by molar-refractivity contribution is 0.425. The summed E-state index contributed by atoms with van der Waals surface area (Å²) in [6.07, 6.45) is 0.886. The fourth-order valence-electron chi connectivity index (χ4n) is 3.36. The number of nitrogens with zero attached hydrogens (tertiary/aromatic N) is 6. The van der Waals surface area contributed by atoms with Crippen molar-refractivity contribution in [1.82, 2.24) is 29.3 Å². The number of thiophene rings is 1. The minimum absolute atomic E-state index is 0.0359. The van der Waals surface area contributed by atoms with E-state index in [0.29, 0.717) is 46.3 Å². The molecule has 1 aromatic carbocycles. The minimum atomic E-state index is -0.0359. The van der Waals surface area contributed by atoms with Crippen molar-refractivity contribution >= 4 is 39.8 Å². The fourth-order valence-corrected chi connectivity index (χ4v) is 4.77. The van der Waals surface area contributed by atoms with Crippen molar-refractivity contribution in [2.75, 3.05) is 0 Å². The smallest absolute Gasteiger partial charge is 0.262 e. The third kappa shape index (κ3) is 3.77. The van der Waals surface area contributed by atoms with E-state index in [1.807, 2.05) is 45.5 Å². The monoisotopic (exact) mass is 452 g/mol. The molecule has 31 heavy (non-hydrogen) atoms. The maximum absolute atomic E-state index is 13.1. The largest absolute Gasteiger partial charge is 0.334 e. The van der Waals surface area contributed by atoms with Gasteiger partial charge in [-0.15, -0.1) is 10.2 Å². The highest BCUT2D eigenvalue weighted by molar-refractivity contribution is 7.98. The lowest BCUT2D eigenvalue weighted by Crippen LogP contribution is -2.24. The molecule has 0 aliphatic carbocycles. The Morgan fingerprint density at radius 2 is 2.06 bits per heavy atom. The number of benzene rings is 1. The maximum Gasteiger partial charge on any atom is 0.262 e. The Bertz CT molecular complexity index is 1400. The van der Waals surface area contributed by atoms with Gasteiger partial charge in [0.15, 0.2) is 11.0 Å². The number of fused-ring (bicyclic) bond motifs is 3. The predicted octanol–water partition coefficient (Wildman–Crippen LogP) is 4.49. The standard InChI is InChI=1S/C21H20N6O2S2/c1-13(2)7-9-26-19(28)15-5-3-4-6-16(15)27-20(26)23-24-21(27)31-12-17-22-18(29-25-17)14-8-10-30-11-14/h3-6,8,10-11,13H,7,9,12H2,1-2H3. The van der Waals surface area contributed by atoms with Crippen LogP contribution in [0.2, 0.25) is 0 Å². The van der Waals surface area contributed by atoms with Crippen molar-refractivity contribution in [3.05, 3.63) is 57.3 Å². The molecule has 158 valence electrons. The Labute approximate surface area is 185 Å². The minimum Gasteiger partial charge on any atom is -0.334 e. The number of rotatable bonds is 7. The van der Waals surface area contributed by atoms with Crippen molar-refractivity contribution in [2.24, 2.45) is 5.92 Å². The molecule has 0 aliphatic rings. The molecule has 5 aromatic rings. The van der Waals surface area contributed by atoms with E-state index in [9.17, 15) is 4.79 Å². The van der Waals surface area contributed by atoms with Crippen LogP contribution in [0.4, 0.5) is 0 Å². The van der Waals surface area contributed by atoms with Crippen molar-refractivity contribution in [3.63, 3.8) is 0 Å². The van der Waals surface area contributed by atoms with E-state index in [0.717, 1.165) is 17.5 Å². The first-order chi connectivity index (χ1) is 15.1. The average Bonchev–Trinajstić information content (AvgIpc) is 3.52. The zero-order chi connectivity index (χ0) is 21.4. The van der Waals surface area contributed by atoms with Gasteiger partial charge in [0.1, 0.15) is 0 Å². The van der Waals surface area contributed by atoms with Crippen LogP contribution in [0.25, 0.3) is 28.1 Å². The van der Waals surface area contributed by atoms with Crippen molar-refractivity contribution in [1.29, 1.82) is 0 Å². The zero-order valence-corrected chi connectivity index (χ0v) is 18.7. The molecule has 0 unspecified atom stereocenters. The summed E-state index contributed by atoms with van der Waals surface area (Å²) in [5.41, 5.74) is 1.68. The molecule has 0 atom stereocenters. The molecule has 0 saturated heterocycles. The van der Waals surface area contributed by atoms with Crippen LogP contribution in [-0.4, -0.2) is 29.3 Å². The molecular formula is C21H20N6O2S2. The van der Waals surface area contributed by atoms with Crippen LogP contribution >= 0.6 is 23.1 Å². The van der Waals surface area contributed by atoms with E-state index in [1.54, 1.807) is 15.9 Å². The summed E-state index contributed by atoms with van der Waals surface area (Å²) in [4.78, 5) is 17.6. The predicted molar refractivity (Wildman–Crippen MR) is 121 cm³/mol. The molecule has 0 amide bonds. The summed E-state index contributed by atoms with van der Waals surface area (Å²) in [7, 11) is 0. The lowest BCUT2D eigenvalue weighted by atomic mass is 10.1. The van der Waals surface area contributed by atoms with Crippen LogP contribution in [0.15, 0.2) is 55.6 Å². The molecule has 0 saturated carbocycles. The molecule has 0 spiro atoms. The normalized spacial score (nSPS) is 11.8. The summed E-state index contributed by atoms with van der Waals surface area (Å²) in [5, 5.41) is 18.1. The van der Waals surface area contributed by atoms with Crippen LogP contribution in [-0.2, 0) is 12.3 Å². The van der Waals surface area contributed by atoms with Gasteiger partial charge >= 0.3 is 0 Å². The molecular weight excluding hydrogens is 432 g/mol. The first kappa shape index (κ1) is 20.0. The van der Waals surface area contributed by atoms with E-state index in [2.05, 4.69) is 34.2 Å². The third-order valence-corrected chi connectivity index (χ3v) is 6.58. The SMILES string of the molecule is CC(C)CCn1c(=O)c2ccccc2n2c(SCc3noc(-c4ccsc4)n3)nnc12. The highest BCUT2D eigenvalue weighted by Crippen LogP contribution is 2.26. The van der Waals surface area contributed by atoms with Crippen LogP contribution in [0.1, 0.15) is 26.1 Å². The average molecular weight is 453 g/mol. The molecule has 8 nitrogen and oxygen atoms in total. The number of aromatic nitrogens is 6. The van der Waals surface area contributed by atoms with Gasteiger partial charge < -0.3 is 4.52 Å². The van der Waals surface area contributed by atoms with E-state index in [1.165, 1.54) is 11.8 Å². The zero-order valence-electron chi connectivity index (χ0n) is 17.1. The lowest BCUT2D eigenvalue weighted by Gasteiger charge is -2.12. The van der Waals surface area contributed by atoms with Crippen molar-refractivity contribution in [2.45, 2.75) is 37.7 Å². The molecule has 4 heterocycles. The second-order valence-electron chi connectivity index (χ2n) is 7.59. The van der Waals surface area contributed by atoms with Gasteiger partial charge in [-0.05, 0) is 35.9 Å². The highest BCUT2D eigenvalue weighted by Gasteiger charge is 2.18. The van der Waals surface area contributed by atoms with Crippen molar-refractivity contribution < 1.29 is 4.52 Å². The van der Waals surface area contributed by atoms with Gasteiger partial charge in [-0.2, -0.15) is 16.3 Å². The summed E-state index contributed by atoms with van der Waals surface area (Å²) in [5.74, 6) is 2.61. The van der Waals surface area contributed by atoms with Gasteiger partial charge in [-0.3, -0.25) is 13.8 Å². The summed E-state index contributed by atoms with van der Waals surface area (Å²) in [6, 6.07) is 9.52. The Kier molecular flexibility index (Phi) is 5.33. The first-order valence-electron chi connectivity index (χ1n) is 9.96. The number of thioether (sulfide) groups is 1. The summed E-state index contributed by atoms with van der Waals surface area (Å²) < 4.78 is 9.04.